The van der Waals surface area contributed by atoms with Gasteiger partial charge in [0.25, 0.3) is 5.91 Å². The maximum Gasteiger partial charge on any atom is 0.254 e. The first-order valence-electron chi connectivity index (χ1n) is 6.76. The van der Waals surface area contributed by atoms with Gasteiger partial charge in [0.1, 0.15) is 0 Å². The van der Waals surface area contributed by atoms with Crippen molar-refractivity contribution in [1.82, 2.24) is 15.3 Å². The van der Waals surface area contributed by atoms with Crippen LogP contribution in [0.25, 0.3) is 0 Å². The summed E-state index contributed by atoms with van der Waals surface area (Å²) < 4.78 is 4.92. The monoisotopic (exact) mass is 320 g/mol. The minimum atomic E-state index is -0.224. The number of carbonyl (C=O) groups is 1. The average Bonchev–Trinajstić information content (AvgIpc) is 2.55. The first kappa shape index (κ1) is 16.2. The molecule has 1 aromatic heterocycles. The van der Waals surface area contributed by atoms with E-state index in [0.717, 1.165) is 5.56 Å². The lowest BCUT2D eigenvalue weighted by atomic mass is 10.2. The summed E-state index contributed by atoms with van der Waals surface area (Å²) >= 11 is 5.81. The largest absolute Gasteiger partial charge is 0.383 e. The smallest absolute Gasteiger partial charge is 0.254 e. The maximum absolute atomic E-state index is 12.0. The molecule has 0 saturated carbocycles. The molecule has 2 rings (SSSR count). The number of carbonyl (C=O) groups excluding carboxylic acids is 1. The highest BCUT2D eigenvalue weighted by molar-refractivity contribution is 6.30. The van der Waals surface area contributed by atoms with Gasteiger partial charge in [-0.15, -0.1) is 0 Å². The molecule has 1 aromatic carbocycles. The number of rotatable bonds is 7. The summed E-state index contributed by atoms with van der Waals surface area (Å²) in [6.45, 7) is 1.59. The van der Waals surface area contributed by atoms with Crippen LogP contribution in [-0.4, -0.2) is 36.1 Å². The van der Waals surface area contributed by atoms with E-state index in [1.807, 2.05) is 12.1 Å². The normalized spacial score (nSPS) is 10.3. The molecule has 0 atom stereocenters. The molecule has 0 aliphatic rings. The molecule has 7 heteroatoms. The molecule has 0 bridgehead atoms. The van der Waals surface area contributed by atoms with Crippen LogP contribution in [0.1, 0.15) is 15.9 Å². The Hall–Kier alpha value is -2.18. The van der Waals surface area contributed by atoms with Crippen LogP contribution < -0.4 is 10.6 Å². The number of hydrogen-bond acceptors (Lipinski definition) is 5. The molecule has 0 aliphatic carbocycles. The van der Waals surface area contributed by atoms with E-state index in [4.69, 9.17) is 16.3 Å². The number of aromatic nitrogens is 2. The highest BCUT2D eigenvalue weighted by Gasteiger charge is 2.07. The number of ether oxygens (including phenoxy) is 1. The SMILES string of the molecule is COCCNc1ncc(C(=O)NCc2ccc(Cl)cc2)cn1. The van der Waals surface area contributed by atoms with Gasteiger partial charge in [0.15, 0.2) is 0 Å². The second kappa shape index (κ2) is 8.31. The molecular formula is C15H17ClN4O2. The zero-order valence-electron chi connectivity index (χ0n) is 12.2. The maximum atomic E-state index is 12.0. The lowest BCUT2D eigenvalue weighted by Crippen LogP contribution is -2.23. The number of nitrogens with zero attached hydrogens (tertiary/aromatic N) is 2. The summed E-state index contributed by atoms with van der Waals surface area (Å²) in [6.07, 6.45) is 2.97. The molecule has 22 heavy (non-hydrogen) atoms. The van der Waals surface area contributed by atoms with E-state index >= 15 is 0 Å². The molecule has 0 aliphatic heterocycles. The highest BCUT2D eigenvalue weighted by Crippen LogP contribution is 2.09. The van der Waals surface area contributed by atoms with Crippen LogP contribution in [0.4, 0.5) is 5.95 Å². The van der Waals surface area contributed by atoms with Crippen molar-refractivity contribution in [3.63, 3.8) is 0 Å². The Bertz CT molecular complexity index is 602. The van der Waals surface area contributed by atoms with Crippen LogP contribution in [0.3, 0.4) is 0 Å². The van der Waals surface area contributed by atoms with Gasteiger partial charge in [-0.3, -0.25) is 4.79 Å². The van der Waals surface area contributed by atoms with Crippen molar-refractivity contribution in [2.75, 3.05) is 25.6 Å². The molecule has 116 valence electrons. The fraction of sp³-hybridized carbons (Fsp3) is 0.267. The van der Waals surface area contributed by atoms with E-state index in [9.17, 15) is 4.79 Å². The van der Waals surface area contributed by atoms with Crippen molar-refractivity contribution in [2.45, 2.75) is 6.54 Å². The van der Waals surface area contributed by atoms with Crippen LogP contribution >= 0.6 is 11.6 Å². The fourth-order valence-corrected chi connectivity index (χ4v) is 1.81. The number of nitrogens with one attached hydrogen (secondary N) is 2. The number of benzene rings is 1. The first-order valence-corrected chi connectivity index (χ1v) is 7.14. The summed E-state index contributed by atoms with van der Waals surface area (Å²) in [4.78, 5) is 20.2. The van der Waals surface area contributed by atoms with Crippen molar-refractivity contribution in [1.29, 1.82) is 0 Å². The van der Waals surface area contributed by atoms with Gasteiger partial charge in [0.2, 0.25) is 5.95 Å². The van der Waals surface area contributed by atoms with Crippen molar-refractivity contribution >= 4 is 23.5 Å². The molecule has 0 saturated heterocycles. The topological polar surface area (TPSA) is 76.1 Å². The zero-order valence-corrected chi connectivity index (χ0v) is 12.9. The Morgan fingerprint density at radius 3 is 2.55 bits per heavy atom. The van der Waals surface area contributed by atoms with Crippen LogP contribution in [0.5, 0.6) is 0 Å². The number of methoxy groups -OCH3 is 1. The number of anilines is 1. The van der Waals surface area contributed by atoms with E-state index in [1.165, 1.54) is 12.4 Å². The predicted molar refractivity (Wildman–Crippen MR) is 85.0 cm³/mol. The lowest BCUT2D eigenvalue weighted by Gasteiger charge is -2.06. The van der Waals surface area contributed by atoms with Crippen LogP contribution in [0.15, 0.2) is 36.7 Å². The molecule has 1 heterocycles. The first-order chi connectivity index (χ1) is 10.7. The van der Waals surface area contributed by atoms with Gasteiger partial charge in [0, 0.05) is 37.6 Å². The highest BCUT2D eigenvalue weighted by atomic mass is 35.5. The van der Waals surface area contributed by atoms with Gasteiger partial charge in [-0.1, -0.05) is 23.7 Å². The van der Waals surface area contributed by atoms with Gasteiger partial charge in [-0.05, 0) is 17.7 Å². The summed E-state index contributed by atoms with van der Waals surface area (Å²) in [6, 6.07) is 7.29. The molecule has 0 unspecified atom stereocenters. The quantitative estimate of drug-likeness (QED) is 0.764. The molecule has 6 nitrogen and oxygen atoms in total. The molecule has 1 amide bonds. The minimum absolute atomic E-state index is 0.224. The summed E-state index contributed by atoms with van der Waals surface area (Å²) in [5.74, 6) is 0.240. The second-order valence-electron chi connectivity index (χ2n) is 4.52. The Morgan fingerprint density at radius 1 is 1.23 bits per heavy atom. The number of hydrogen-bond donors (Lipinski definition) is 2. The van der Waals surface area contributed by atoms with Crippen molar-refractivity contribution in [3.05, 3.63) is 52.8 Å². The molecular weight excluding hydrogens is 304 g/mol. The van der Waals surface area contributed by atoms with Crippen LogP contribution in [0.2, 0.25) is 5.02 Å². The van der Waals surface area contributed by atoms with Gasteiger partial charge in [-0.25, -0.2) is 9.97 Å². The van der Waals surface area contributed by atoms with Gasteiger partial charge in [0.05, 0.1) is 12.2 Å². The van der Waals surface area contributed by atoms with E-state index in [0.29, 0.717) is 36.2 Å². The Morgan fingerprint density at radius 2 is 1.91 bits per heavy atom. The van der Waals surface area contributed by atoms with Crippen molar-refractivity contribution in [2.24, 2.45) is 0 Å². The molecule has 0 fully saturated rings. The van der Waals surface area contributed by atoms with Gasteiger partial charge >= 0.3 is 0 Å². The molecule has 0 spiro atoms. The van der Waals surface area contributed by atoms with Crippen LogP contribution in [0, 0.1) is 0 Å². The molecule has 2 N–H and O–H groups in total. The second-order valence-corrected chi connectivity index (χ2v) is 4.96. The Balaban J connectivity index is 1.85. The minimum Gasteiger partial charge on any atom is -0.383 e. The standard InChI is InChI=1S/C15H17ClN4O2/c1-22-7-6-17-15-19-9-12(10-20-15)14(21)18-8-11-2-4-13(16)5-3-11/h2-5,9-10H,6-8H2,1H3,(H,18,21)(H,17,19,20). The fourth-order valence-electron chi connectivity index (χ4n) is 1.69. The molecule has 0 radical (unpaired) electrons. The molecule has 2 aromatic rings. The predicted octanol–water partition coefficient (Wildman–Crippen LogP) is 2.12. The third kappa shape index (κ3) is 4.98. The number of halogens is 1. The van der Waals surface area contributed by atoms with E-state index < -0.39 is 0 Å². The Kier molecular flexibility index (Phi) is 6.12. The van der Waals surface area contributed by atoms with Gasteiger partial charge in [-0.2, -0.15) is 0 Å². The summed E-state index contributed by atoms with van der Waals surface area (Å²) in [7, 11) is 1.62. The van der Waals surface area contributed by atoms with Crippen molar-refractivity contribution < 1.29 is 9.53 Å². The van der Waals surface area contributed by atoms with Gasteiger partial charge < -0.3 is 15.4 Å². The van der Waals surface area contributed by atoms with Crippen LogP contribution in [-0.2, 0) is 11.3 Å². The van der Waals surface area contributed by atoms with E-state index in [1.54, 1.807) is 19.2 Å². The summed E-state index contributed by atoms with van der Waals surface area (Å²) in [5.41, 5.74) is 1.38. The third-order valence-electron chi connectivity index (χ3n) is 2.87. The average molecular weight is 321 g/mol. The van der Waals surface area contributed by atoms with E-state index in [-0.39, 0.29) is 5.91 Å². The van der Waals surface area contributed by atoms with Crippen molar-refractivity contribution in [3.8, 4) is 0 Å². The Labute approximate surface area is 133 Å². The summed E-state index contributed by atoms with van der Waals surface area (Å²) in [5, 5.41) is 6.45. The zero-order chi connectivity index (χ0) is 15.8. The van der Waals surface area contributed by atoms with E-state index in [2.05, 4.69) is 20.6 Å². The lowest BCUT2D eigenvalue weighted by molar-refractivity contribution is 0.0950. The number of amides is 1. The third-order valence-corrected chi connectivity index (χ3v) is 3.12.